The topological polar surface area (TPSA) is 86.3 Å². The molecule has 0 aliphatic heterocycles. The molecule has 2 rings (SSSR count). The normalized spacial score (nSPS) is 12.0. The van der Waals surface area contributed by atoms with Crippen LogP contribution in [0.15, 0.2) is 48.5 Å². The number of non-ortho nitro benzene ring substituents is 2. The molecule has 0 fully saturated rings. The molecule has 144 valence electrons. The van der Waals surface area contributed by atoms with E-state index in [0.717, 1.165) is 12.1 Å². The number of nitro groups is 2. The second-order valence-corrected chi connectivity index (χ2v) is 40.6. The van der Waals surface area contributed by atoms with Crippen LogP contribution in [0.1, 0.15) is 11.1 Å². The molecule has 6 nitrogen and oxygen atoms in total. The second-order valence-electron chi connectivity index (χ2n) is 7.82. The number of hydrogen-bond donors (Lipinski definition) is 0. The van der Waals surface area contributed by atoms with Crippen molar-refractivity contribution < 1.29 is 9.85 Å². The maximum atomic E-state index is 10.8. The van der Waals surface area contributed by atoms with Crippen molar-refractivity contribution in [1.82, 2.24) is 0 Å². The summed E-state index contributed by atoms with van der Waals surface area (Å²) in [4.78, 5) is 20.9. The summed E-state index contributed by atoms with van der Waals surface area (Å²) in [6, 6.07) is 16.1. The molecule has 0 aromatic heterocycles. The van der Waals surface area contributed by atoms with Crippen LogP contribution in [0.4, 0.5) is 11.4 Å². The number of rotatable bonds is 8. The van der Waals surface area contributed by atoms with Crippen molar-refractivity contribution >= 4 is 42.0 Å². The zero-order valence-electron chi connectivity index (χ0n) is 16.0. The van der Waals surface area contributed by atoms with Gasteiger partial charge >= 0.3 is 170 Å². The summed E-state index contributed by atoms with van der Waals surface area (Å²) in [5, 5.41) is 21.6. The molecule has 0 heterocycles. The standard InChI is InChI=1S/C18H24N2O4Si2Te/c1-25(2,13-15-5-9-17(10-6-15)19(21)22)27-26(3,4)14-16-7-11-18(12-8-16)20(23)24/h5-12H,13-14H2,1-4H3. The van der Waals surface area contributed by atoms with Crippen molar-refractivity contribution in [3.05, 3.63) is 79.9 Å². The van der Waals surface area contributed by atoms with Crippen LogP contribution in [0.2, 0.25) is 26.2 Å². The van der Waals surface area contributed by atoms with Gasteiger partial charge in [-0.15, -0.1) is 0 Å². The van der Waals surface area contributed by atoms with Crippen molar-refractivity contribution in [2.24, 2.45) is 0 Å². The monoisotopic (exact) mass is 518 g/mol. The van der Waals surface area contributed by atoms with E-state index in [2.05, 4.69) is 26.2 Å². The van der Waals surface area contributed by atoms with Gasteiger partial charge in [-0.05, 0) is 0 Å². The first-order valence-corrected chi connectivity index (χ1v) is 21.9. The number of benzene rings is 2. The average Bonchev–Trinajstić information content (AvgIpc) is 2.53. The minimum atomic E-state index is -1.39. The van der Waals surface area contributed by atoms with Crippen molar-refractivity contribution in [1.29, 1.82) is 0 Å². The third-order valence-corrected chi connectivity index (χ3v) is 41.9. The summed E-state index contributed by atoms with van der Waals surface area (Å²) in [5.74, 6) is 0. The predicted molar refractivity (Wildman–Crippen MR) is 114 cm³/mol. The van der Waals surface area contributed by atoms with Gasteiger partial charge in [0.05, 0.1) is 0 Å². The Kier molecular flexibility index (Phi) is 6.97. The van der Waals surface area contributed by atoms with Crippen molar-refractivity contribution in [2.75, 3.05) is 0 Å². The van der Waals surface area contributed by atoms with Crippen LogP contribution in [-0.2, 0) is 12.1 Å². The van der Waals surface area contributed by atoms with E-state index in [0.29, 0.717) is 0 Å². The van der Waals surface area contributed by atoms with Crippen LogP contribution >= 0.6 is 0 Å². The molecule has 0 amide bonds. The van der Waals surface area contributed by atoms with E-state index in [1.54, 1.807) is 24.3 Å². The van der Waals surface area contributed by atoms with Gasteiger partial charge in [0.2, 0.25) is 0 Å². The SMILES string of the molecule is C[Si](C)(Cc1ccc([N+](=O)[O-])cc1)[Te][Si](C)(C)Cc1ccc([N+](=O)[O-])cc1. The van der Waals surface area contributed by atoms with Gasteiger partial charge in [0.1, 0.15) is 0 Å². The molecule has 9 heteroatoms. The Morgan fingerprint density at radius 2 is 1.00 bits per heavy atom. The number of nitro benzene ring substituents is 2. The number of nitrogens with zero attached hydrogens (tertiary/aromatic N) is 2. The van der Waals surface area contributed by atoms with E-state index in [-0.39, 0.29) is 40.6 Å². The molecule has 0 spiro atoms. The van der Waals surface area contributed by atoms with Gasteiger partial charge in [-0.25, -0.2) is 0 Å². The van der Waals surface area contributed by atoms with Crippen LogP contribution < -0.4 is 0 Å². The van der Waals surface area contributed by atoms with Gasteiger partial charge in [0.25, 0.3) is 0 Å². The van der Waals surface area contributed by atoms with Gasteiger partial charge < -0.3 is 0 Å². The van der Waals surface area contributed by atoms with Crippen molar-refractivity contribution in [3.8, 4) is 0 Å². The Bertz CT molecular complexity index is 755. The van der Waals surface area contributed by atoms with E-state index >= 15 is 0 Å². The Morgan fingerprint density at radius 3 is 1.26 bits per heavy atom. The first-order valence-electron chi connectivity index (χ1n) is 8.64. The van der Waals surface area contributed by atoms with Gasteiger partial charge in [0, 0.05) is 0 Å². The fraction of sp³-hybridized carbons (Fsp3) is 0.333. The third kappa shape index (κ3) is 6.85. The molecule has 27 heavy (non-hydrogen) atoms. The van der Waals surface area contributed by atoms with Gasteiger partial charge in [-0.3, -0.25) is 0 Å². The van der Waals surface area contributed by atoms with E-state index in [1.165, 1.54) is 11.1 Å². The molecule has 0 unspecified atom stereocenters. The zero-order valence-corrected chi connectivity index (χ0v) is 20.3. The average molecular weight is 516 g/mol. The fourth-order valence-electron chi connectivity index (χ4n) is 3.27. The number of hydrogen-bond acceptors (Lipinski definition) is 4. The summed E-state index contributed by atoms with van der Waals surface area (Å²) < 4.78 is 0. The molecule has 0 N–H and O–H groups in total. The van der Waals surface area contributed by atoms with Crippen LogP contribution in [0.5, 0.6) is 0 Å². The van der Waals surface area contributed by atoms with Crippen molar-refractivity contribution in [3.63, 3.8) is 0 Å². The minimum absolute atomic E-state index is 0.141. The first-order chi connectivity index (χ1) is 12.5. The van der Waals surface area contributed by atoms with Crippen LogP contribution in [-0.4, -0.2) is 40.4 Å². The maximum absolute atomic E-state index is 10.8. The summed E-state index contributed by atoms with van der Waals surface area (Å²) in [7, 11) is 0. The molecule has 0 bridgehead atoms. The Balaban J connectivity index is 2.03. The molecule has 0 radical (unpaired) electrons. The van der Waals surface area contributed by atoms with E-state index in [4.69, 9.17) is 0 Å². The van der Waals surface area contributed by atoms with Gasteiger partial charge in [-0.1, -0.05) is 0 Å². The van der Waals surface area contributed by atoms with Gasteiger partial charge in [-0.2, -0.15) is 0 Å². The second kappa shape index (κ2) is 8.65. The molecular formula is C18H24N2O4Si2Te. The van der Waals surface area contributed by atoms with Crippen molar-refractivity contribution in [2.45, 2.75) is 38.3 Å². The molecular weight excluding hydrogens is 492 g/mol. The van der Waals surface area contributed by atoms with Crippen LogP contribution in [0.25, 0.3) is 0 Å². The quantitative estimate of drug-likeness (QED) is 0.294. The Morgan fingerprint density at radius 1 is 0.704 bits per heavy atom. The summed E-state index contributed by atoms with van der Waals surface area (Å²) in [6.45, 7) is 9.73. The van der Waals surface area contributed by atoms with E-state index < -0.39 is 11.2 Å². The third-order valence-electron chi connectivity index (χ3n) is 4.11. The van der Waals surface area contributed by atoms with E-state index in [1.807, 2.05) is 24.3 Å². The van der Waals surface area contributed by atoms with Crippen LogP contribution in [0.3, 0.4) is 0 Å². The fourth-order valence-corrected chi connectivity index (χ4v) is 57.3. The predicted octanol–water partition coefficient (Wildman–Crippen LogP) is 4.48. The molecule has 0 aliphatic rings. The zero-order chi connectivity index (χ0) is 20.2. The Hall–Kier alpha value is -1.54. The molecule has 0 atom stereocenters. The molecule has 2 aromatic rings. The molecule has 2 aromatic carbocycles. The molecule has 0 saturated heterocycles. The molecule has 0 aliphatic carbocycles. The van der Waals surface area contributed by atoms with Gasteiger partial charge in [0.15, 0.2) is 0 Å². The Labute approximate surface area is 169 Å². The molecule has 0 saturated carbocycles. The first kappa shape index (κ1) is 21.8. The summed E-state index contributed by atoms with van der Waals surface area (Å²) in [5.41, 5.74) is -0.110. The summed E-state index contributed by atoms with van der Waals surface area (Å²) >= 11 is -0.166. The van der Waals surface area contributed by atoms with E-state index in [9.17, 15) is 20.2 Å². The van der Waals surface area contributed by atoms with Crippen LogP contribution in [0, 0.1) is 20.2 Å². The summed E-state index contributed by atoms with van der Waals surface area (Å²) in [6.07, 6.45) is 0.